The fourth-order valence-electron chi connectivity index (χ4n) is 3.14. The zero-order chi connectivity index (χ0) is 20.3. The molecule has 0 saturated carbocycles. The van der Waals surface area contributed by atoms with E-state index in [4.69, 9.17) is 0 Å². The molecule has 3 aromatic rings. The van der Waals surface area contributed by atoms with Gasteiger partial charge >= 0.3 is 0 Å². The Kier molecular flexibility index (Phi) is 5.34. The zero-order valence-corrected chi connectivity index (χ0v) is 16.6. The van der Waals surface area contributed by atoms with Crippen LogP contribution in [0, 0.1) is 22.7 Å². The molecule has 3 rings (SSSR count). The van der Waals surface area contributed by atoms with Crippen LogP contribution >= 0.6 is 0 Å². The number of nitrogens with zero attached hydrogens (tertiary/aromatic N) is 4. The summed E-state index contributed by atoms with van der Waals surface area (Å²) in [6, 6.07) is 24.4. The fraction of sp³-hybridized carbons (Fsp3) is 0.167. The number of hydrogen-bond acceptors (Lipinski definition) is 4. The van der Waals surface area contributed by atoms with Crippen LogP contribution in [0.1, 0.15) is 11.1 Å². The molecule has 0 fully saturated rings. The Morgan fingerprint density at radius 3 is 1.14 bits per heavy atom. The van der Waals surface area contributed by atoms with Gasteiger partial charge in [0.05, 0.1) is 11.1 Å². The van der Waals surface area contributed by atoms with E-state index < -0.39 is 0 Å². The number of hydrogen-bond donors (Lipinski definition) is 0. The molecule has 0 atom stereocenters. The first kappa shape index (κ1) is 19.0. The van der Waals surface area contributed by atoms with Crippen LogP contribution in [-0.2, 0) is 0 Å². The van der Waals surface area contributed by atoms with E-state index in [9.17, 15) is 10.5 Å². The minimum Gasteiger partial charge on any atom is -0.378 e. The van der Waals surface area contributed by atoms with E-state index in [-0.39, 0.29) is 0 Å². The van der Waals surface area contributed by atoms with E-state index in [1.807, 2.05) is 50.1 Å². The minimum atomic E-state index is 0.392. The molecule has 0 amide bonds. The first-order chi connectivity index (χ1) is 13.4. The van der Waals surface area contributed by atoms with Gasteiger partial charge in [0.1, 0.15) is 12.1 Å². The van der Waals surface area contributed by atoms with Gasteiger partial charge in [0.15, 0.2) is 0 Å². The SMILES string of the molecule is CN(C)c1ccc(-c2cc(C#N)c(C#N)cc2-c2ccc(N(C)C)cc2)cc1. The van der Waals surface area contributed by atoms with Gasteiger partial charge in [-0.1, -0.05) is 24.3 Å². The standard InChI is InChI=1S/C24H22N4/c1-27(2)21-9-5-17(6-10-21)23-13-19(15-25)20(16-26)14-24(23)18-7-11-22(12-8-18)28(3)4/h5-14H,1-4H3. The van der Waals surface area contributed by atoms with Crippen molar-refractivity contribution in [1.82, 2.24) is 0 Å². The summed E-state index contributed by atoms with van der Waals surface area (Å²) in [4.78, 5) is 4.09. The second-order valence-electron chi connectivity index (χ2n) is 7.05. The molecule has 0 aromatic heterocycles. The van der Waals surface area contributed by atoms with Gasteiger partial charge in [0.2, 0.25) is 0 Å². The van der Waals surface area contributed by atoms with Gasteiger partial charge in [-0.3, -0.25) is 0 Å². The Balaban J connectivity index is 2.20. The van der Waals surface area contributed by atoms with Gasteiger partial charge in [-0.05, 0) is 58.7 Å². The van der Waals surface area contributed by atoms with E-state index in [0.717, 1.165) is 33.6 Å². The summed E-state index contributed by atoms with van der Waals surface area (Å²) in [5, 5.41) is 19.0. The Morgan fingerprint density at radius 1 is 0.571 bits per heavy atom. The highest BCUT2D eigenvalue weighted by molar-refractivity contribution is 5.86. The molecule has 28 heavy (non-hydrogen) atoms. The molecule has 0 heterocycles. The molecule has 0 aliphatic heterocycles. The van der Waals surface area contributed by atoms with E-state index in [1.54, 1.807) is 0 Å². The summed E-state index contributed by atoms with van der Waals surface area (Å²) in [6.07, 6.45) is 0. The van der Waals surface area contributed by atoms with E-state index in [2.05, 4.69) is 60.7 Å². The average Bonchev–Trinajstić information content (AvgIpc) is 2.72. The third-order valence-electron chi connectivity index (χ3n) is 4.79. The maximum atomic E-state index is 9.48. The molecule has 4 nitrogen and oxygen atoms in total. The van der Waals surface area contributed by atoms with Crippen molar-refractivity contribution in [1.29, 1.82) is 10.5 Å². The summed E-state index contributed by atoms with van der Waals surface area (Å²) in [5.74, 6) is 0. The molecular weight excluding hydrogens is 344 g/mol. The Labute approximate surface area is 166 Å². The molecular formula is C24H22N4. The summed E-state index contributed by atoms with van der Waals surface area (Å²) in [7, 11) is 8.01. The Bertz CT molecular complexity index is 975. The van der Waals surface area contributed by atoms with Crippen molar-refractivity contribution in [2.75, 3.05) is 38.0 Å². The predicted octanol–water partition coefficient (Wildman–Crippen LogP) is 4.90. The molecule has 0 unspecified atom stereocenters. The van der Waals surface area contributed by atoms with Gasteiger partial charge < -0.3 is 9.80 Å². The third kappa shape index (κ3) is 3.68. The molecule has 0 aliphatic carbocycles. The lowest BCUT2D eigenvalue weighted by molar-refractivity contribution is 1.13. The van der Waals surface area contributed by atoms with Crippen LogP contribution in [0.3, 0.4) is 0 Å². The average molecular weight is 366 g/mol. The molecule has 4 heteroatoms. The number of nitriles is 2. The zero-order valence-electron chi connectivity index (χ0n) is 16.6. The van der Waals surface area contributed by atoms with Gasteiger partial charge in [0.25, 0.3) is 0 Å². The van der Waals surface area contributed by atoms with Crippen molar-refractivity contribution in [2.45, 2.75) is 0 Å². The van der Waals surface area contributed by atoms with Crippen LogP contribution in [0.2, 0.25) is 0 Å². The molecule has 138 valence electrons. The highest BCUT2D eigenvalue weighted by atomic mass is 15.1. The number of anilines is 2. The smallest absolute Gasteiger partial charge is 0.101 e. The molecule has 0 saturated heterocycles. The third-order valence-corrected chi connectivity index (χ3v) is 4.79. The van der Waals surface area contributed by atoms with E-state index in [0.29, 0.717) is 11.1 Å². The van der Waals surface area contributed by atoms with Gasteiger partial charge in [-0.2, -0.15) is 10.5 Å². The second kappa shape index (κ2) is 7.86. The first-order valence-corrected chi connectivity index (χ1v) is 8.98. The molecule has 3 aromatic carbocycles. The quantitative estimate of drug-likeness (QED) is 0.659. The van der Waals surface area contributed by atoms with Gasteiger partial charge in [-0.25, -0.2) is 0 Å². The van der Waals surface area contributed by atoms with Crippen LogP contribution < -0.4 is 9.80 Å². The minimum absolute atomic E-state index is 0.392. The lowest BCUT2D eigenvalue weighted by atomic mass is 9.90. The van der Waals surface area contributed by atoms with Gasteiger partial charge in [-0.15, -0.1) is 0 Å². The number of rotatable bonds is 4. The van der Waals surface area contributed by atoms with Crippen molar-refractivity contribution in [3.63, 3.8) is 0 Å². The highest BCUT2D eigenvalue weighted by Gasteiger charge is 2.14. The lowest BCUT2D eigenvalue weighted by Gasteiger charge is -2.16. The van der Waals surface area contributed by atoms with Crippen molar-refractivity contribution in [3.8, 4) is 34.4 Å². The van der Waals surface area contributed by atoms with Crippen LogP contribution in [-0.4, -0.2) is 28.2 Å². The van der Waals surface area contributed by atoms with Crippen LogP contribution in [0.4, 0.5) is 11.4 Å². The van der Waals surface area contributed by atoms with E-state index >= 15 is 0 Å². The van der Waals surface area contributed by atoms with Crippen molar-refractivity contribution >= 4 is 11.4 Å². The Morgan fingerprint density at radius 2 is 0.893 bits per heavy atom. The fourth-order valence-corrected chi connectivity index (χ4v) is 3.14. The van der Waals surface area contributed by atoms with Crippen molar-refractivity contribution < 1.29 is 0 Å². The Hall–Kier alpha value is -3.76. The lowest BCUT2D eigenvalue weighted by Crippen LogP contribution is -2.08. The van der Waals surface area contributed by atoms with Gasteiger partial charge in [0, 0.05) is 39.6 Å². The van der Waals surface area contributed by atoms with Crippen molar-refractivity contribution in [2.24, 2.45) is 0 Å². The van der Waals surface area contributed by atoms with Crippen LogP contribution in [0.15, 0.2) is 60.7 Å². The monoisotopic (exact) mass is 366 g/mol. The predicted molar refractivity (Wildman–Crippen MR) is 115 cm³/mol. The first-order valence-electron chi connectivity index (χ1n) is 8.98. The molecule has 0 radical (unpaired) electrons. The molecule has 0 N–H and O–H groups in total. The number of benzene rings is 3. The second-order valence-corrected chi connectivity index (χ2v) is 7.05. The maximum Gasteiger partial charge on any atom is 0.101 e. The summed E-state index contributed by atoms with van der Waals surface area (Å²) < 4.78 is 0. The summed E-state index contributed by atoms with van der Waals surface area (Å²) >= 11 is 0. The molecule has 0 spiro atoms. The largest absolute Gasteiger partial charge is 0.378 e. The maximum absolute atomic E-state index is 9.48. The van der Waals surface area contributed by atoms with E-state index in [1.165, 1.54) is 0 Å². The highest BCUT2D eigenvalue weighted by Crippen LogP contribution is 2.36. The summed E-state index contributed by atoms with van der Waals surface area (Å²) in [5.41, 5.74) is 6.91. The molecule has 0 bridgehead atoms. The van der Waals surface area contributed by atoms with Crippen LogP contribution in [0.5, 0.6) is 0 Å². The van der Waals surface area contributed by atoms with Crippen LogP contribution in [0.25, 0.3) is 22.3 Å². The van der Waals surface area contributed by atoms with Crippen molar-refractivity contribution in [3.05, 3.63) is 71.8 Å². The topological polar surface area (TPSA) is 54.1 Å². The summed E-state index contributed by atoms with van der Waals surface area (Å²) in [6.45, 7) is 0. The molecule has 0 aliphatic rings. The normalized spacial score (nSPS) is 10.1.